The van der Waals surface area contributed by atoms with Gasteiger partial charge in [-0.25, -0.2) is 13.9 Å². The summed E-state index contributed by atoms with van der Waals surface area (Å²) in [6, 6.07) is 3.87. The SMILES string of the molecule is CC(c1ccc(-c2cc(F)c3cnc(N)nn23)nc1)C(F)(F)F.OC1CCCOC1. The Morgan fingerprint density at radius 3 is 2.57 bits per heavy atom. The largest absolute Gasteiger partial charge is 0.395 e. The summed E-state index contributed by atoms with van der Waals surface area (Å²) < 4.78 is 58.1. The number of ether oxygens (including phenoxy) is 1. The summed E-state index contributed by atoms with van der Waals surface area (Å²) in [5.41, 5.74) is 6.16. The summed E-state index contributed by atoms with van der Waals surface area (Å²) in [4.78, 5) is 7.69. The predicted molar refractivity (Wildman–Crippen MR) is 101 cm³/mol. The molecule has 0 bridgehead atoms. The molecule has 3 N–H and O–H groups in total. The van der Waals surface area contributed by atoms with E-state index in [1.54, 1.807) is 0 Å². The summed E-state index contributed by atoms with van der Waals surface area (Å²) >= 11 is 0. The lowest BCUT2D eigenvalue weighted by atomic mass is 10.0. The summed E-state index contributed by atoms with van der Waals surface area (Å²) in [6.07, 6.45) is -0.259. The van der Waals surface area contributed by atoms with Crippen molar-refractivity contribution in [2.24, 2.45) is 0 Å². The van der Waals surface area contributed by atoms with Crippen molar-refractivity contribution in [2.75, 3.05) is 18.9 Å². The maximum absolute atomic E-state index is 13.9. The van der Waals surface area contributed by atoms with Crippen molar-refractivity contribution < 1.29 is 27.4 Å². The Morgan fingerprint density at radius 1 is 1.27 bits per heavy atom. The number of pyridine rings is 1. The van der Waals surface area contributed by atoms with Gasteiger partial charge in [-0.15, -0.1) is 5.10 Å². The average Bonchev–Trinajstić information content (AvgIpc) is 3.03. The van der Waals surface area contributed by atoms with E-state index in [1.807, 2.05) is 0 Å². The van der Waals surface area contributed by atoms with Gasteiger partial charge in [0.1, 0.15) is 5.52 Å². The molecule has 0 saturated carbocycles. The molecule has 30 heavy (non-hydrogen) atoms. The molecule has 11 heteroatoms. The lowest BCUT2D eigenvalue weighted by molar-refractivity contribution is -0.146. The molecule has 4 heterocycles. The Morgan fingerprint density at radius 2 is 2.03 bits per heavy atom. The third-order valence-electron chi connectivity index (χ3n) is 4.66. The van der Waals surface area contributed by atoms with Gasteiger partial charge in [0.2, 0.25) is 5.95 Å². The van der Waals surface area contributed by atoms with Gasteiger partial charge in [-0.2, -0.15) is 13.2 Å². The summed E-state index contributed by atoms with van der Waals surface area (Å²) in [7, 11) is 0. The fourth-order valence-electron chi connectivity index (χ4n) is 2.87. The number of rotatable bonds is 2. The highest BCUT2D eigenvalue weighted by Crippen LogP contribution is 2.34. The minimum Gasteiger partial charge on any atom is -0.391 e. The number of fused-ring (bicyclic) bond motifs is 1. The van der Waals surface area contributed by atoms with E-state index in [9.17, 15) is 17.6 Å². The summed E-state index contributed by atoms with van der Waals surface area (Å²) in [5.74, 6) is -2.27. The van der Waals surface area contributed by atoms with Crippen molar-refractivity contribution in [3.05, 3.63) is 42.0 Å². The molecule has 7 nitrogen and oxygen atoms in total. The minimum absolute atomic E-state index is 0.0247. The molecule has 0 spiro atoms. The van der Waals surface area contributed by atoms with Crippen LogP contribution in [0.2, 0.25) is 0 Å². The zero-order valence-corrected chi connectivity index (χ0v) is 16.1. The maximum atomic E-state index is 13.9. The van der Waals surface area contributed by atoms with Gasteiger partial charge in [-0.1, -0.05) is 6.07 Å². The first-order valence-corrected chi connectivity index (χ1v) is 9.25. The number of hydrogen-bond acceptors (Lipinski definition) is 6. The van der Waals surface area contributed by atoms with Crippen LogP contribution in [0.3, 0.4) is 0 Å². The molecule has 4 rings (SSSR count). The van der Waals surface area contributed by atoms with Gasteiger partial charge in [0.25, 0.3) is 0 Å². The molecule has 1 aliphatic heterocycles. The second-order valence-corrected chi connectivity index (χ2v) is 6.90. The van der Waals surface area contributed by atoms with Crippen LogP contribution < -0.4 is 5.73 Å². The zero-order valence-electron chi connectivity index (χ0n) is 16.1. The van der Waals surface area contributed by atoms with E-state index in [4.69, 9.17) is 15.6 Å². The minimum atomic E-state index is -4.35. The molecule has 162 valence electrons. The molecule has 0 aromatic carbocycles. The second kappa shape index (κ2) is 8.92. The van der Waals surface area contributed by atoms with Crippen LogP contribution in [0.4, 0.5) is 23.5 Å². The van der Waals surface area contributed by atoms with Crippen LogP contribution in [0.25, 0.3) is 16.9 Å². The fourth-order valence-corrected chi connectivity index (χ4v) is 2.87. The molecule has 1 saturated heterocycles. The zero-order chi connectivity index (χ0) is 21.9. The van der Waals surface area contributed by atoms with E-state index in [1.165, 1.54) is 28.9 Å². The first kappa shape index (κ1) is 21.9. The number of halogens is 4. The van der Waals surface area contributed by atoms with Gasteiger partial charge in [0.15, 0.2) is 5.82 Å². The van der Waals surface area contributed by atoms with Crippen molar-refractivity contribution in [3.63, 3.8) is 0 Å². The fraction of sp³-hybridized carbons (Fsp3) is 0.421. The van der Waals surface area contributed by atoms with E-state index in [-0.39, 0.29) is 34.5 Å². The standard InChI is InChI=1S/C14H11F4N5.C5H10O2/c1-7(14(16,17)18)8-2-3-10(20-5-8)11-4-9(15)12-6-21-13(19)22-23(11)12;6-5-2-1-3-7-4-5/h2-7H,1H3,(H2,19,22);5-6H,1-4H2. The number of alkyl halides is 3. The first-order valence-electron chi connectivity index (χ1n) is 9.25. The topological polar surface area (TPSA) is 98.6 Å². The Bertz CT molecular complexity index is 985. The molecule has 2 atom stereocenters. The highest BCUT2D eigenvalue weighted by molar-refractivity contribution is 5.64. The number of aliphatic hydroxyl groups is 1. The Labute approximate surface area is 169 Å². The Balaban J connectivity index is 0.000000310. The van der Waals surface area contributed by atoms with Crippen LogP contribution in [-0.2, 0) is 4.74 Å². The van der Waals surface area contributed by atoms with Crippen molar-refractivity contribution in [1.82, 2.24) is 19.6 Å². The number of hydrogen-bond donors (Lipinski definition) is 2. The average molecular weight is 427 g/mol. The predicted octanol–water partition coefficient (Wildman–Crippen LogP) is 3.34. The van der Waals surface area contributed by atoms with Crippen LogP contribution in [-0.4, -0.2) is 50.2 Å². The summed E-state index contributed by atoms with van der Waals surface area (Å²) in [6.45, 7) is 2.42. The molecule has 2 unspecified atom stereocenters. The van der Waals surface area contributed by atoms with E-state index in [0.717, 1.165) is 32.6 Å². The molecular weight excluding hydrogens is 406 g/mol. The molecule has 1 fully saturated rings. The second-order valence-electron chi connectivity index (χ2n) is 6.90. The number of aliphatic hydroxyl groups excluding tert-OH is 1. The van der Waals surface area contributed by atoms with Gasteiger partial charge in [-0.3, -0.25) is 4.98 Å². The lowest BCUT2D eigenvalue weighted by Crippen LogP contribution is -2.21. The van der Waals surface area contributed by atoms with E-state index in [2.05, 4.69) is 15.1 Å². The molecule has 0 amide bonds. The normalized spacial score (nSPS) is 18.0. The summed E-state index contributed by atoms with van der Waals surface area (Å²) in [5, 5.41) is 12.7. The van der Waals surface area contributed by atoms with Crippen molar-refractivity contribution in [2.45, 2.75) is 38.0 Å². The molecule has 3 aromatic heterocycles. The highest BCUT2D eigenvalue weighted by Gasteiger charge is 2.37. The highest BCUT2D eigenvalue weighted by atomic mass is 19.4. The van der Waals surface area contributed by atoms with Crippen LogP contribution in [0.1, 0.15) is 31.2 Å². The van der Waals surface area contributed by atoms with Gasteiger partial charge in [0.05, 0.1) is 36.2 Å². The van der Waals surface area contributed by atoms with Gasteiger partial charge in [-0.05, 0) is 31.4 Å². The van der Waals surface area contributed by atoms with Crippen molar-refractivity contribution in [3.8, 4) is 11.4 Å². The van der Waals surface area contributed by atoms with E-state index < -0.39 is 17.9 Å². The monoisotopic (exact) mass is 427 g/mol. The lowest BCUT2D eigenvalue weighted by Gasteiger charge is -2.15. The van der Waals surface area contributed by atoms with Gasteiger partial charge >= 0.3 is 6.18 Å². The number of nitrogens with two attached hydrogens (primary N) is 1. The number of aromatic nitrogens is 4. The smallest absolute Gasteiger partial charge is 0.391 e. The number of anilines is 1. The quantitative estimate of drug-likeness (QED) is 0.609. The first-order chi connectivity index (χ1) is 14.2. The van der Waals surface area contributed by atoms with Crippen LogP contribution in [0, 0.1) is 5.82 Å². The molecular formula is C19H21F4N5O2. The van der Waals surface area contributed by atoms with Crippen LogP contribution in [0.15, 0.2) is 30.6 Å². The van der Waals surface area contributed by atoms with E-state index >= 15 is 0 Å². The van der Waals surface area contributed by atoms with Gasteiger partial charge < -0.3 is 15.6 Å². The van der Waals surface area contributed by atoms with Crippen LogP contribution in [0.5, 0.6) is 0 Å². The number of nitrogens with zero attached hydrogens (tertiary/aromatic N) is 4. The molecule has 0 aliphatic carbocycles. The maximum Gasteiger partial charge on any atom is 0.395 e. The van der Waals surface area contributed by atoms with E-state index in [0.29, 0.717) is 6.61 Å². The Kier molecular flexibility index (Phi) is 6.52. The van der Waals surface area contributed by atoms with Crippen LogP contribution >= 0.6 is 0 Å². The van der Waals surface area contributed by atoms with Gasteiger partial charge in [0, 0.05) is 18.9 Å². The molecule has 1 aliphatic rings. The number of nitrogen functional groups attached to an aromatic ring is 1. The molecule has 0 radical (unpaired) electrons. The third kappa shape index (κ3) is 5.03. The van der Waals surface area contributed by atoms with Crippen molar-refractivity contribution in [1.29, 1.82) is 0 Å². The molecule has 3 aromatic rings. The third-order valence-corrected chi connectivity index (χ3v) is 4.66. The Hall–Kier alpha value is -2.79. The van der Waals surface area contributed by atoms with Crippen molar-refractivity contribution >= 4 is 11.5 Å².